The number of rotatable bonds is 4. The molecule has 3 heteroatoms. The summed E-state index contributed by atoms with van der Waals surface area (Å²) in [6.07, 6.45) is 8.87. The normalized spacial score (nSPS) is 19.7. The lowest BCUT2D eigenvalue weighted by molar-refractivity contribution is 0.0792. The predicted octanol–water partition coefficient (Wildman–Crippen LogP) is 3.88. The molecule has 0 aromatic heterocycles. The summed E-state index contributed by atoms with van der Waals surface area (Å²) in [6.45, 7) is 2.58. The Kier molecular flexibility index (Phi) is 4.79. The third kappa shape index (κ3) is 3.78. The topological polar surface area (TPSA) is 29.5 Å². The van der Waals surface area contributed by atoms with E-state index in [1.807, 2.05) is 29.2 Å². The van der Waals surface area contributed by atoms with Gasteiger partial charge in [-0.15, -0.1) is 0 Å². The number of benzene rings is 1. The molecule has 1 saturated carbocycles. The third-order valence-electron chi connectivity index (χ3n) is 4.68. The fraction of sp³-hybridized carbons (Fsp3) is 0.611. The first-order valence-corrected chi connectivity index (χ1v) is 8.35. The Bertz CT molecular complexity index is 474. The molecule has 114 valence electrons. The fourth-order valence-electron chi connectivity index (χ4n) is 3.39. The van der Waals surface area contributed by atoms with Crippen LogP contribution in [0, 0.1) is 5.92 Å². The molecule has 1 aromatic rings. The molecule has 2 fully saturated rings. The zero-order valence-electron chi connectivity index (χ0n) is 12.7. The van der Waals surface area contributed by atoms with Crippen molar-refractivity contribution in [1.82, 2.24) is 4.90 Å². The second kappa shape index (κ2) is 6.97. The molecule has 0 N–H and O–H groups in total. The number of likely N-dealkylation sites (tertiary alicyclic amines) is 1. The van der Waals surface area contributed by atoms with Crippen LogP contribution in [-0.2, 0) is 0 Å². The highest BCUT2D eigenvalue weighted by Crippen LogP contribution is 2.25. The van der Waals surface area contributed by atoms with Gasteiger partial charge in [0.05, 0.1) is 6.61 Å². The van der Waals surface area contributed by atoms with E-state index in [1.54, 1.807) is 0 Å². The van der Waals surface area contributed by atoms with E-state index < -0.39 is 0 Å². The maximum absolute atomic E-state index is 12.4. The van der Waals surface area contributed by atoms with Crippen LogP contribution in [0.3, 0.4) is 0 Å². The Morgan fingerprint density at radius 2 is 1.86 bits per heavy atom. The minimum atomic E-state index is 0.149. The van der Waals surface area contributed by atoms with Crippen LogP contribution < -0.4 is 4.74 Å². The summed E-state index contributed by atoms with van der Waals surface area (Å²) in [5.74, 6) is 1.68. The third-order valence-corrected chi connectivity index (χ3v) is 4.68. The maximum atomic E-state index is 12.4. The number of hydrogen-bond donors (Lipinski definition) is 0. The van der Waals surface area contributed by atoms with Gasteiger partial charge >= 0.3 is 0 Å². The van der Waals surface area contributed by atoms with E-state index >= 15 is 0 Å². The molecule has 1 heterocycles. The van der Waals surface area contributed by atoms with Crippen LogP contribution in [0.5, 0.6) is 5.75 Å². The summed E-state index contributed by atoms with van der Waals surface area (Å²) in [5, 5.41) is 0. The molecule has 21 heavy (non-hydrogen) atoms. The van der Waals surface area contributed by atoms with Crippen molar-refractivity contribution >= 4 is 5.91 Å². The molecule has 1 aliphatic carbocycles. The first-order chi connectivity index (χ1) is 10.3. The summed E-state index contributed by atoms with van der Waals surface area (Å²) >= 11 is 0. The standard InChI is InChI=1S/C18H25NO2/c20-18(19-11-4-5-12-19)16-9-6-10-17(13-16)21-14-15-7-2-1-3-8-15/h6,9-10,13,15H,1-5,7-8,11-12,14H2. The first-order valence-electron chi connectivity index (χ1n) is 8.35. The number of carbonyl (C=O) groups is 1. The van der Waals surface area contributed by atoms with Gasteiger partial charge in [-0.05, 0) is 49.8 Å². The number of amides is 1. The number of nitrogens with zero attached hydrogens (tertiary/aromatic N) is 1. The Morgan fingerprint density at radius 3 is 2.62 bits per heavy atom. The highest BCUT2D eigenvalue weighted by Gasteiger charge is 2.20. The quantitative estimate of drug-likeness (QED) is 0.841. The molecule has 0 unspecified atom stereocenters. The van der Waals surface area contributed by atoms with E-state index in [0.717, 1.165) is 43.9 Å². The van der Waals surface area contributed by atoms with Crippen molar-refractivity contribution in [1.29, 1.82) is 0 Å². The van der Waals surface area contributed by atoms with Crippen LogP contribution in [0.1, 0.15) is 55.3 Å². The Morgan fingerprint density at radius 1 is 1.10 bits per heavy atom. The molecular weight excluding hydrogens is 262 g/mol. The molecule has 0 atom stereocenters. The Balaban J connectivity index is 1.58. The summed E-state index contributed by atoms with van der Waals surface area (Å²) in [5.41, 5.74) is 0.762. The van der Waals surface area contributed by atoms with Crippen LogP contribution in [0.25, 0.3) is 0 Å². The zero-order valence-corrected chi connectivity index (χ0v) is 12.7. The van der Waals surface area contributed by atoms with Crippen LogP contribution in [0.4, 0.5) is 0 Å². The summed E-state index contributed by atoms with van der Waals surface area (Å²) < 4.78 is 5.93. The SMILES string of the molecule is O=C(c1cccc(OCC2CCCCC2)c1)N1CCCC1. The molecule has 3 rings (SSSR count). The van der Waals surface area contributed by atoms with E-state index in [0.29, 0.717) is 5.92 Å². The fourth-order valence-corrected chi connectivity index (χ4v) is 3.39. The van der Waals surface area contributed by atoms with E-state index in [2.05, 4.69) is 0 Å². The molecule has 0 spiro atoms. The Labute approximate surface area is 127 Å². The minimum absolute atomic E-state index is 0.149. The van der Waals surface area contributed by atoms with Crippen molar-refractivity contribution in [2.75, 3.05) is 19.7 Å². The van der Waals surface area contributed by atoms with E-state index in [4.69, 9.17) is 4.74 Å². The molecule has 2 aliphatic rings. The van der Waals surface area contributed by atoms with Gasteiger partial charge in [0, 0.05) is 18.7 Å². The number of carbonyl (C=O) groups excluding carboxylic acids is 1. The van der Waals surface area contributed by atoms with Crippen molar-refractivity contribution in [2.45, 2.75) is 44.9 Å². The molecular formula is C18H25NO2. The lowest BCUT2D eigenvalue weighted by Gasteiger charge is -2.22. The molecule has 1 aliphatic heterocycles. The zero-order chi connectivity index (χ0) is 14.5. The molecule has 3 nitrogen and oxygen atoms in total. The van der Waals surface area contributed by atoms with Crippen molar-refractivity contribution < 1.29 is 9.53 Å². The van der Waals surface area contributed by atoms with Crippen molar-refractivity contribution in [3.05, 3.63) is 29.8 Å². The lowest BCUT2D eigenvalue weighted by atomic mass is 9.90. The smallest absolute Gasteiger partial charge is 0.253 e. The molecule has 1 saturated heterocycles. The van der Waals surface area contributed by atoms with Gasteiger partial charge in [0.1, 0.15) is 5.75 Å². The molecule has 0 bridgehead atoms. The van der Waals surface area contributed by atoms with Gasteiger partial charge in [0.25, 0.3) is 5.91 Å². The average molecular weight is 287 g/mol. The van der Waals surface area contributed by atoms with Crippen LogP contribution >= 0.6 is 0 Å². The van der Waals surface area contributed by atoms with Crippen molar-refractivity contribution in [2.24, 2.45) is 5.92 Å². The highest BCUT2D eigenvalue weighted by atomic mass is 16.5. The first kappa shape index (κ1) is 14.4. The van der Waals surface area contributed by atoms with Gasteiger partial charge in [-0.25, -0.2) is 0 Å². The van der Waals surface area contributed by atoms with Gasteiger partial charge in [-0.3, -0.25) is 4.79 Å². The molecule has 1 aromatic carbocycles. The second-order valence-corrected chi connectivity index (χ2v) is 6.34. The average Bonchev–Trinajstić information content (AvgIpc) is 3.08. The van der Waals surface area contributed by atoms with E-state index in [1.165, 1.54) is 32.1 Å². The summed E-state index contributed by atoms with van der Waals surface area (Å²) in [4.78, 5) is 14.3. The minimum Gasteiger partial charge on any atom is -0.493 e. The van der Waals surface area contributed by atoms with Gasteiger partial charge in [-0.2, -0.15) is 0 Å². The number of hydrogen-bond acceptors (Lipinski definition) is 2. The van der Waals surface area contributed by atoms with Crippen LogP contribution in [0.2, 0.25) is 0 Å². The lowest BCUT2D eigenvalue weighted by Crippen LogP contribution is -2.27. The van der Waals surface area contributed by atoms with Gasteiger partial charge in [-0.1, -0.05) is 25.3 Å². The summed E-state index contributed by atoms with van der Waals surface area (Å²) in [7, 11) is 0. The largest absolute Gasteiger partial charge is 0.493 e. The van der Waals surface area contributed by atoms with Gasteiger partial charge in [0.2, 0.25) is 0 Å². The molecule has 0 radical (unpaired) electrons. The van der Waals surface area contributed by atoms with Gasteiger partial charge < -0.3 is 9.64 Å². The summed E-state index contributed by atoms with van der Waals surface area (Å²) in [6, 6.07) is 7.70. The van der Waals surface area contributed by atoms with E-state index in [9.17, 15) is 4.79 Å². The van der Waals surface area contributed by atoms with Crippen LogP contribution in [-0.4, -0.2) is 30.5 Å². The van der Waals surface area contributed by atoms with Crippen molar-refractivity contribution in [3.63, 3.8) is 0 Å². The van der Waals surface area contributed by atoms with Crippen molar-refractivity contribution in [3.8, 4) is 5.75 Å². The van der Waals surface area contributed by atoms with Crippen LogP contribution in [0.15, 0.2) is 24.3 Å². The van der Waals surface area contributed by atoms with E-state index in [-0.39, 0.29) is 5.91 Å². The second-order valence-electron chi connectivity index (χ2n) is 6.34. The van der Waals surface area contributed by atoms with Gasteiger partial charge in [0.15, 0.2) is 0 Å². The number of ether oxygens (including phenoxy) is 1. The maximum Gasteiger partial charge on any atom is 0.253 e. The Hall–Kier alpha value is -1.51. The predicted molar refractivity (Wildman–Crippen MR) is 83.6 cm³/mol. The highest BCUT2D eigenvalue weighted by molar-refractivity contribution is 5.94. The monoisotopic (exact) mass is 287 g/mol. The molecule has 1 amide bonds.